The molecule has 19 heavy (non-hydrogen) atoms. The van der Waals surface area contributed by atoms with E-state index in [9.17, 15) is 0 Å². The Kier molecular flexibility index (Phi) is 6.12. The molecule has 0 radical (unpaired) electrons. The number of aliphatic hydroxyl groups excluding tert-OH is 1. The van der Waals surface area contributed by atoms with Gasteiger partial charge in [0.2, 0.25) is 0 Å². The Hall–Kier alpha value is -1.26. The van der Waals surface area contributed by atoms with E-state index < -0.39 is 0 Å². The molecule has 0 aliphatic heterocycles. The van der Waals surface area contributed by atoms with Crippen molar-refractivity contribution < 1.29 is 14.6 Å². The van der Waals surface area contributed by atoms with E-state index in [1.165, 1.54) is 5.56 Å². The fraction of sp³-hybridized carbons (Fsp3) is 0.600. The summed E-state index contributed by atoms with van der Waals surface area (Å²) < 4.78 is 10.6. The molecule has 1 aromatic carbocycles. The second-order valence-corrected chi connectivity index (χ2v) is 5.21. The highest BCUT2D eigenvalue weighted by molar-refractivity contribution is 5.45. The van der Waals surface area contributed by atoms with Gasteiger partial charge in [-0.15, -0.1) is 0 Å². The Morgan fingerprint density at radius 1 is 1.16 bits per heavy atom. The third-order valence-electron chi connectivity index (χ3n) is 3.24. The number of aliphatic hydroxyl groups is 1. The maximum Gasteiger partial charge on any atom is 0.161 e. The number of hydrogen-bond donors (Lipinski definition) is 2. The zero-order chi connectivity index (χ0) is 14.3. The Morgan fingerprint density at radius 2 is 1.84 bits per heavy atom. The van der Waals surface area contributed by atoms with Crippen LogP contribution in [0.4, 0.5) is 0 Å². The molecule has 108 valence electrons. The predicted octanol–water partition coefficient (Wildman–Crippen LogP) is 1.95. The van der Waals surface area contributed by atoms with E-state index in [4.69, 9.17) is 14.6 Å². The third-order valence-corrected chi connectivity index (χ3v) is 3.24. The van der Waals surface area contributed by atoms with Crippen LogP contribution in [-0.4, -0.2) is 39.0 Å². The Bertz CT molecular complexity index is 391. The fourth-order valence-electron chi connectivity index (χ4n) is 1.96. The van der Waals surface area contributed by atoms with Crippen LogP contribution in [0.5, 0.6) is 11.5 Å². The van der Waals surface area contributed by atoms with Crippen molar-refractivity contribution in [2.24, 2.45) is 0 Å². The Labute approximate surface area is 115 Å². The molecule has 0 amide bonds. The van der Waals surface area contributed by atoms with E-state index in [0.29, 0.717) is 0 Å². The van der Waals surface area contributed by atoms with Crippen LogP contribution in [0, 0.1) is 0 Å². The van der Waals surface area contributed by atoms with E-state index in [2.05, 4.69) is 25.2 Å². The van der Waals surface area contributed by atoms with Crippen molar-refractivity contribution in [2.75, 3.05) is 33.9 Å². The van der Waals surface area contributed by atoms with Gasteiger partial charge in [-0.3, -0.25) is 0 Å². The molecule has 0 unspecified atom stereocenters. The number of hydrogen-bond acceptors (Lipinski definition) is 4. The summed E-state index contributed by atoms with van der Waals surface area (Å²) in [7, 11) is 3.28. The highest BCUT2D eigenvalue weighted by Gasteiger charge is 2.21. The van der Waals surface area contributed by atoms with Gasteiger partial charge in [0.1, 0.15) is 0 Å². The molecule has 0 saturated heterocycles. The summed E-state index contributed by atoms with van der Waals surface area (Å²) in [5, 5.41) is 12.1. The number of ether oxygens (including phenoxy) is 2. The maximum absolute atomic E-state index is 8.77. The summed E-state index contributed by atoms with van der Waals surface area (Å²) in [6.07, 6.45) is 0.780. The van der Waals surface area contributed by atoms with Crippen molar-refractivity contribution in [3.05, 3.63) is 23.8 Å². The molecule has 0 heterocycles. The zero-order valence-electron chi connectivity index (χ0n) is 12.3. The minimum absolute atomic E-state index is 0.00495. The molecule has 4 heteroatoms. The van der Waals surface area contributed by atoms with Crippen LogP contribution >= 0.6 is 0 Å². The summed E-state index contributed by atoms with van der Waals surface area (Å²) in [5.41, 5.74) is 1.19. The van der Waals surface area contributed by atoms with Gasteiger partial charge in [-0.25, -0.2) is 0 Å². The van der Waals surface area contributed by atoms with Crippen molar-refractivity contribution in [3.8, 4) is 11.5 Å². The first kappa shape index (κ1) is 15.8. The van der Waals surface area contributed by atoms with Crippen LogP contribution < -0.4 is 14.8 Å². The lowest BCUT2D eigenvalue weighted by molar-refractivity contribution is 0.284. The first-order valence-electron chi connectivity index (χ1n) is 6.59. The molecule has 0 aliphatic rings. The minimum Gasteiger partial charge on any atom is -0.493 e. The van der Waals surface area contributed by atoms with Gasteiger partial charge < -0.3 is 19.9 Å². The van der Waals surface area contributed by atoms with Crippen molar-refractivity contribution in [1.29, 1.82) is 0 Å². The number of benzene rings is 1. The zero-order valence-corrected chi connectivity index (χ0v) is 12.3. The molecule has 0 saturated carbocycles. The standard InChI is InChI=1S/C15H25NO3/c1-15(2,11-16-8-5-9-17)12-6-7-13(18-3)14(10-12)19-4/h6-7,10,16-17H,5,8-9,11H2,1-4H3. The predicted molar refractivity (Wildman–Crippen MR) is 77.1 cm³/mol. The SMILES string of the molecule is COc1ccc(C(C)(C)CNCCCO)cc1OC. The highest BCUT2D eigenvalue weighted by Crippen LogP contribution is 2.32. The molecule has 0 spiro atoms. The van der Waals surface area contributed by atoms with E-state index in [0.717, 1.165) is 31.0 Å². The van der Waals surface area contributed by atoms with E-state index in [-0.39, 0.29) is 12.0 Å². The molecule has 0 aromatic heterocycles. The van der Waals surface area contributed by atoms with Gasteiger partial charge in [0.15, 0.2) is 11.5 Å². The molecule has 4 nitrogen and oxygen atoms in total. The lowest BCUT2D eigenvalue weighted by Crippen LogP contribution is -2.33. The van der Waals surface area contributed by atoms with Gasteiger partial charge in [-0.1, -0.05) is 19.9 Å². The maximum atomic E-state index is 8.77. The van der Waals surface area contributed by atoms with Crippen LogP contribution in [0.1, 0.15) is 25.8 Å². The fourth-order valence-corrected chi connectivity index (χ4v) is 1.96. The van der Waals surface area contributed by atoms with Crippen molar-refractivity contribution in [3.63, 3.8) is 0 Å². The average molecular weight is 267 g/mol. The van der Waals surface area contributed by atoms with Gasteiger partial charge in [-0.2, -0.15) is 0 Å². The summed E-state index contributed by atoms with van der Waals surface area (Å²) in [4.78, 5) is 0. The Balaban J connectivity index is 2.76. The molecule has 0 aliphatic carbocycles. The number of methoxy groups -OCH3 is 2. The molecule has 1 rings (SSSR count). The van der Waals surface area contributed by atoms with E-state index in [1.807, 2.05) is 12.1 Å². The van der Waals surface area contributed by atoms with Gasteiger partial charge in [-0.05, 0) is 30.7 Å². The van der Waals surface area contributed by atoms with E-state index in [1.54, 1.807) is 14.2 Å². The summed E-state index contributed by atoms with van der Waals surface area (Å²) in [6.45, 7) is 6.26. The smallest absolute Gasteiger partial charge is 0.161 e. The first-order chi connectivity index (χ1) is 9.05. The van der Waals surface area contributed by atoms with Crippen molar-refractivity contribution in [1.82, 2.24) is 5.32 Å². The molecular formula is C15H25NO3. The summed E-state index contributed by atoms with van der Waals surface area (Å²) in [6, 6.07) is 6.02. The lowest BCUT2D eigenvalue weighted by atomic mass is 9.84. The highest BCUT2D eigenvalue weighted by atomic mass is 16.5. The molecule has 0 bridgehead atoms. The second kappa shape index (κ2) is 7.36. The second-order valence-electron chi connectivity index (χ2n) is 5.21. The minimum atomic E-state index is -0.00495. The first-order valence-corrected chi connectivity index (χ1v) is 6.59. The van der Waals surface area contributed by atoms with Crippen molar-refractivity contribution >= 4 is 0 Å². The molecule has 1 aromatic rings. The number of rotatable bonds is 8. The Morgan fingerprint density at radius 3 is 2.42 bits per heavy atom. The molecular weight excluding hydrogens is 242 g/mol. The third kappa shape index (κ3) is 4.40. The van der Waals surface area contributed by atoms with Crippen LogP contribution in [0.2, 0.25) is 0 Å². The van der Waals surface area contributed by atoms with Crippen LogP contribution in [0.25, 0.3) is 0 Å². The lowest BCUT2D eigenvalue weighted by Gasteiger charge is -2.26. The monoisotopic (exact) mass is 267 g/mol. The van der Waals surface area contributed by atoms with E-state index >= 15 is 0 Å². The van der Waals surface area contributed by atoms with Crippen molar-refractivity contribution in [2.45, 2.75) is 25.7 Å². The van der Waals surface area contributed by atoms with Gasteiger partial charge in [0.25, 0.3) is 0 Å². The summed E-state index contributed by atoms with van der Waals surface area (Å²) >= 11 is 0. The van der Waals surface area contributed by atoms with Crippen LogP contribution in [0.15, 0.2) is 18.2 Å². The topological polar surface area (TPSA) is 50.7 Å². The van der Waals surface area contributed by atoms with Crippen LogP contribution in [0.3, 0.4) is 0 Å². The molecule has 2 N–H and O–H groups in total. The largest absolute Gasteiger partial charge is 0.493 e. The van der Waals surface area contributed by atoms with Crippen LogP contribution in [-0.2, 0) is 5.41 Å². The van der Waals surface area contributed by atoms with Gasteiger partial charge in [0.05, 0.1) is 14.2 Å². The van der Waals surface area contributed by atoms with Gasteiger partial charge >= 0.3 is 0 Å². The van der Waals surface area contributed by atoms with Gasteiger partial charge in [0, 0.05) is 18.6 Å². The molecule has 0 atom stereocenters. The normalized spacial score (nSPS) is 11.4. The number of nitrogens with one attached hydrogen (secondary N) is 1. The quantitative estimate of drug-likeness (QED) is 0.707. The average Bonchev–Trinajstić information content (AvgIpc) is 2.42. The molecule has 0 fully saturated rings. The summed E-state index contributed by atoms with van der Waals surface area (Å²) in [5.74, 6) is 1.50.